The molecule has 2 amide bonds. The van der Waals surface area contributed by atoms with E-state index in [1.807, 2.05) is 12.1 Å². The van der Waals surface area contributed by atoms with Gasteiger partial charge in [-0.2, -0.15) is 0 Å². The fraction of sp³-hybridized carbons (Fsp3) is 0.188. The van der Waals surface area contributed by atoms with Crippen molar-refractivity contribution >= 4 is 33.1 Å². The normalized spacial score (nSPS) is 10.5. The Morgan fingerprint density at radius 3 is 2.58 bits per heavy atom. The second-order valence-corrected chi connectivity index (χ2v) is 6.02. The predicted molar refractivity (Wildman–Crippen MR) is 84.7 cm³/mol. The SMILES string of the molecule is NC(=O)c1c(CCC(=O)NCc2ccc([As])nc2)ccc(F)c1F. The number of aromatic nitrogens is 1. The van der Waals surface area contributed by atoms with Crippen LogP contribution in [-0.4, -0.2) is 33.7 Å². The Bertz CT molecular complexity index is 767. The summed E-state index contributed by atoms with van der Waals surface area (Å²) in [4.78, 5) is 27.2. The van der Waals surface area contributed by atoms with Gasteiger partial charge in [0.05, 0.1) is 0 Å². The molecule has 0 unspecified atom stereocenters. The van der Waals surface area contributed by atoms with E-state index in [2.05, 4.69) is 27.2 Å². The molecular formula is C16H14AsF2N3O2. The summed E-state index contributed by atoms with van der Waals surface area (Å²) in [6.07, 6.45) is 1.74. The molecule has 0 atom stereocenters. The third-order valence-electron chi connectivity index (χ3n) is 3.35. The van der Waals surface area contributed by atoms with Gasteiger partial charge in [-0.25, -0.2) is 8.78 Å². The van der Waals surface area contributed by atoms with Crippen molar-refractivity contribution in [1.82, 2.24) is 10.3 Å². The van der Waals surface area contributed by atoms with Gasteiger partial charge < -0.3 is 5.73 Å². The number of aryl methyl sites for hydroxylation is 1. The van der Waals surface area contributed by atoms with Crippen LogP contribution >= 0.6 is 0 Å². The van der Waals surface area contributed by atoms with Gasteiger partial charge in [-0.3, -0.25) is 4.79 Å². The molecule has 0 aliphatic carbocycles. The second-order valence-electron chi connectivity index (χ2n) is 5.06. The fourth-order valence-electron chi connectivity index (χ4n) is 2.12. The quantitative estimate of drug-likeness (QED) is 0.702. The molecule has 2 aromatic rings. The summed E-state index contributed by atoms with van der Waals surface area (Å²) in [5.41, 5.74) is 5.61. The molecule has 0 saturated carbocycles. The molecular weight excluding hydrogens is 379 g/mol. The van der Waals surface area contributed by atoms with Crippen molar-refractivity contribution in [2.24, 2.45) is 5.73 Å². The van der Waals surface area contributed by atoms with E-state index < -0.39 is 23.1 Å². The number of pyridine rings is 1. The number of halogens is 2. The molecule has 2 radical (unpaired) electrons. The summed E-state index contributed by atoms with van der Waals surface area (Å²) in [5.74, 6) is -3.79. The molecule has 124 valence electrons. The van der Waals surface area contributed by atoms with Gasteiger partial charge in [-0.15, -0.1) is 0 Å². The average Bonchev–Trinajstić information content (AvgIpc) is 2.55. The van der Waals surface area contributed by atoms with Crippen LogP contribution in [0.4, 0.5) is 8.78 Å². The number of hydrogen-bond acceptors (Lipinski definition) is 3. The van der Waals surface area contributed by atoms with E-state index in [1.165, 1.54) is 6.07 Å². The molecule has 1 aromatic carbocycles. The van der Waals surface area contributed by atoms with Crippen LogP contribution in [0.2, 0.25) is 0 Å². The molecule has 24 heavy (non-hydrogen) atoms. The monoisotopic (exact) mass is 393 g/mol. The molecule has 1 heterocycles. The Morgan fingerprint density at radius 1 is 1.21 bits per heavy atom. The molecule has 0 saturated heterocycles. The van der Waals surface area contributed by atoms with E-state index in [-0.39, 0.29) is 24.3 Å². The number of carbonyl (C=O) groups is 2. The molecule has 0 spiro atoms. The van der Waals surface area contributed by atoms with Gasteiger partial charge in [0.1, 0.15) is 0 Å². The van der Waals surface area contributed by atoms with Gasteiger partial charge in [-0.1, -0.05) is 0 Å². The van der Waals surface area contributed by atoms with Crippen molar-refractivity contribution in [2.75, 3.05) is 0 Å². The first-order chi connectivity index (χ1) is 11.4. The summed E-state index contributed by atoms with van der Waals surface area (Å²) in [7, 11) is 0. The number of hydrogen-bond donors (Lipinski definition) is 2. The van der Waals surface area contributed by atoms with Crippen LogP contribution < -0.4 is 15.5 Å². The van der Waals surface area contributed by atoms with Gasteiger partial charge in [-0.05, 0) is 0 Å². The van der Waals surface area contributed by atoms with E-state index in [1.54, 1.807) is 6.20 Å². The first-order valence-electron chi connectivity index (χ1n) is 7.05. The summed E-state index contributed by atoms with van der Waals surface area (Å²) >= 11 is 2.31. The third-order valence-corrected chi connectivity index (χ3v) is 3.90. The zero-order valence-electron chi connectivity index (χ0n) is 12.6. The number of nitrogens with one attached hydrogen (secondary N) is 1. The number of benzene rings is 1. The Hall–Kier alpha value is -2.27. The number of nitrogens with two attached hydrogens (primary N) is 1. The second kappa shape index (κ2) is 8.01. The number of rotatable bonds is 6. The maximum absolute atomic E-state index is 13.7. The van der Waals surface area contributed by atoms with E-state index in [4.69, 9.17) is 5.73 Å². The topological polar surface area (TPSA) is 85.1 Å². The number of primary amides is 1. The van der Waals surface area contributed by atoms with Crippen LogP contribution in [0.1, 0.15) is 27.9 Å². The van der Waals surface area contributed by atoms with E-state index in [0.29, 0.717) is 6.54 Å². The van der Waals surface area contributed by atoms with E-state index >= 15 is 0 Å². The van der Waals surface area contributed by atoms with Gasteiger partial charge >= 0.3 is 121 Å². The van der Waals surface area contributed by atoms with Crippen LogP contribution in [0, 0.1) is 11.6 Å². The standard InChI is InChI=1S/C16H14AsF2N3O2/c17-12-5-1-9(7-21-12)8-22-13(23)6-3-10-2-4-11(18)15(19)14(10)16(20)24/h1-2,4-5,7H,3,6,8H2,(H2,20,24)(H,22,23). The molecule has 5 nitrogen and oxygen atoms in total. The number of carbonyl (C=O) groups excluding carboxylic acids is 2. The molecule has 0 bridgehead atoms. The summed E-state index contributed by atoms with van der Waals surface area (Å²) in [6.45, 7) is 0.305. The molecule has 8 heteroatoms. The minimum absolute atomic E-state index is 0.0154. The molecule has 2 rings (SSSR count). The molecule has 0 fully saturated rings. The smallest absolute Gasteiger partial charge is 0.204 e. The first kappa shape index (κ1) is 18.1. The van der Waals surface area contributed by atoms with Crippen molar-refractivity contribution in [1.29, 1.82) is 0 Å². The van der Waals surface area contributed by atoms with Crippen molar-refractivity contribution in [3.8, 4) is 0 Å². The molecule has 0 aliphatic heterocycles. The van der Waals surface area contributed by atoms with E-state index in [0.717, 1.165) is 16.1 Å². The fourth-order valence-corrected chi connectivity index (χ4v) is 2.40. The Morgan fingerprint density at radius 2 is 1.96 bits per heavy atom. The zero-order chi connectivity index (χ0) is 17.7. The molecule has 0 aliphatic rings. The minimum atomic E-state index is -1.29. The summed E-state index contributed by atoms with van der Waals surface area (Å²) in [5, 5.41) is 2.70. The third kappa shape index (κ3) is 4.61. The van der Waals surface area contributed by atoms with Crippen molar-refractivity contribution in [2.45, 2.75) is 19.4 Å². The van der Waals surface area contributed by atoms with Crippen molar-refractivity contribution in [3.63, 3.8) is 0 Å². The van der Waals surface area contributed by atoms with Crippen molar-refractivity contribution in [3.05, 3.63) is 58.8 Å². The first-order valence-corrected chi connectivity index (χ1v) is 7.99. The zero-order valence-corrected chi connectivity index (χ0v) is 14.4. The molecule has 1 aromatic heterocycles. The van der Waals surface area contributed by atoms with Crippen LogP contribution in [-0.2, 0) is 17.8 Å². The summed E-state index contributed by atoms with van der Waals surface area (Å²) in [6, 6.07) is 5.81. The van der Waals surface area contributed by atoms with Crippen LogP contribution in [0.15, 0.2) is 30.5 Å². The minimum Gasteiger partial charge on any atom is -0.204 e. The number of amides is 2. The van der Waals surface area contributed by atoms with Crippen molar-refractivity contribution < 1.29 is 18.4 Å². The van der Waals surface area contributed by atoms with Gasteiger partial charge in [0, 0.05) is 0 Å². The van der Waals surface area contributed by atoms with Gasteiger partial charge in [0.25, 0.3) is 0 Å². The van der Waals surface area contributed by atoms with Crippen LogP contribution in [0.5, 0.6) is 0 Å². The predicted octanol–water partition coefficient (Wildman–Crippen LogP) is 0.502. The molecule has 3 N–H and O–H groups in total. The summed E-state index contributed by atoms with van der Waals surface area (Å²) < 4.78 is 27.7. The maximum atomic E-state index is 13.7. The Kier molecular flexibility index (Phi) is 6.03. The van der Waals surface area contributed by atoms with Crippen LogP contribution in [0.25, 0.3) is 0 Å². The van der Waals surface area contributed by atoms with Gasteiger partial charge in [0.2, 0.25) is 0 Å². The Labute approximate surface area is 146 Å². The average molecular weight is 393 g/mol. The Balaban J connectivity index is 1.95. The van der Waals surface area contributed by atoms with E-state index in [9.17, 15) is 18.4 Å². The van der Waals surface area contributed by atoms with Crippen LogP contribution in [0.3, 0.4) is 0 Å². The van der Waals surface area contributed by atoms with Gasteiger partial charge in [0.15, 0.2) is 5.82 Å². The number of nitrogens with zero attached hydrogens (tertiary/aromatic N) is 1.